The zero-order chi connectivity index (χ0) is 11.7. The Kier molecular flexibility index (Phi) is 2.74. The van der Waals surface area contributed by atoms with E-state index in [1.54, 1.807) is 12.4 Å². The summed E-state index contributed by atoms with van der Waals surface area (Å²) in [6.45, 7) is 1.91. The Hall–Kier alpha value is -1.69. The van der Waals surface area contributed by atoms with Crippen molar-refractivity contribution in [3.63, 3.8) is 0 Å². The molecule has 0 aliphatic heterocycles. The van der Waals surface area contributed by atoms with Crippen molar-refractivity contribution in [1.29, 1.82) is 0 Å². The number of nitrogens with zero attached hydrogens (tertiary/aromatic N) is 2. The monoisotopic (exact) mass is 236 g/mol. The molecule has 2 aromatic heterocycles. The Morgan fingerprint density at radius 1 is 1.75 bits per heavy atom. The Bertz CT molecular complexity index is 586. The molecular weight excluding hydrogens is 224 g/mol. The van der Waals surface area contributed by atoms with Gasteiger partial charge in [0.2, 0.25) is 5.91 Å². The lowest BCUT2D eigenvalue weighted by Crippen LogP contribution is -2.17. The number of hydrogen-bond donors (Lipinski definition) is 2. The van der Waals surface area contributed by atoms with Crippen LogP contribution in [0.2, 0.25) is 0 Å². The molecule has 0 spiro atoms. The third-order valence-electron chi connectivity index (χ3n) is 2.46. The number of aromatic amines is 1. The van der Waals surface area contributed by atoms with Gasteiger partial charge < -0.3 is 15.3 Å². The maximum atomic E-state index is 10.9. The maximum absolute atomic E-state index is 10.9. The van der Waals surface area contributed by atoms with Crippen LogP contribution in [-0.2, 0) is 4.79 Å². The van der Waals surface area contributed by atoms with Gasteiger partial charge in [0.05, 0.1) is 17.2 Å². The number of aromatic nitrogens is 3. The smallest absolute Gasteiger partial charge is 0.219 e. The highest BCUT2D eigenvalue weighted by Gasteiger charge is 2.12. The fraction of sp³-hybridized carbons (Fsp3) is 0.300. The maximum Gasteiger partial charge on any atom is 0.219 e. The summed E-state index contributed by atoms with van der Waals surface area (Å²) in [4.78, 5) is 18.0. The van der Waals surface area contributed by atoms with Gasteiger partial charge in [-0.3, -0.25) is 9.78 Å². The minimum absolute atomic E-state index is 0.0545. The second kappa shape index (κ2) is 4.05. The zero-order valence-corrected chi connectivity index (χ0v) is 9.62. The molecule has 2 heterocycles. The van der Waals surface area contributed by atoms with E-state index in [1.165, 1.54) is 0 Å². The third kappa shape index (κ3) is 1.83. The summed E-state index contributed by atoms with van der Waals surface area (Å²) in [6.07, 6.45) is 3.67. The first-order chi connectivity index (χ1) is 7.59. The molecule has 0 bridgehead atoms. The summed E-state index contributed by atoms with van der Waals surface area (Å²) in [5, 5.41) is 0. The van der Waals surface area contributed by atoms with Gasteiger partial charge in [0, 0.05) is 18.7 Å². The number of fused-ring (bicyclic) bond motifs is 1. The molecule has 0 saturated heterocycles. The van der Waals surface area contributed by atoms with Gasteiger partial charge in [-0.2, -0.15) is 0 Å². The number of H-pyrrole nitrogens is 1. The highest BCUT2D eigenvalue weighted by atomic mass is 32.1. The average molecular weight is 236 g/mol. The minimum atomic E-state index is -0.335. The average Bonchev–Trinajstić information content (AvgIpc) is 2.52. The summed E-state index contributed by atoms with van der Waals surface area (Å²) >= 11 is 5.21. The number of rotatable bonds is 3. The molecule has 6 heteroatoms. The van der Waals surface area contributed by atoms with Gasteiger partial charge in [0.15, 0.2) is 4.77 Å². The molecule has 0 aromatic carbocycles. The second-order valence-corrected chi connectivity index (χ2v) is 4.10. The predicted octanol–water partition coefficient (Wildman–Crippen LogP) is 1.53. The number of amides is 1. The molecule has 3 N–H and O–H groups in total. The Morgan fingerprint density at radius 2 is 2.50 bits per heavy atom. The van der Waals surface area contributed by atoms with Gasteiger partial charge in [0.25, 0.3) is 0 Å². The van der Waals surface area contributed by atoms with Crippen molar-refractivity contribution < 1.29 is 4.79 Å². The molecule has 1 unspecified atom stereocenters. The molecule has 0 aliphatic rings. The van der Waals surface area contributed by atoms with Gasteiger partial charge in [-0.1, -0.05) is 0 Å². The molecule has 0 aliphatic carbocycles. The van der Waals surface area contributed by atoms with Crippen LogP contribution in [0.5, 0.6) is 0 Å². The normalized spacial score (nSPS) is 12.8. The molecule has 84 valence electrons. The van der Waals surface area contributed by atoms with E-state index in [1.807, 2.05) is 17.6 Å². The fourth-order valence-electron chi connectivity index (χ4n) is 1.80. The highest BCUT2D eigenvalue weighted by Crippen LogP contribution is 2.19. The molecule has 0 fully saturated rings. The SMILES string of the molecule is CC(CC(N)=O)n1c(=S)[nH]c2cnccc21. The summed E-state index contributed by atoms with van der Waals surface area (Å²) in [7, 11) is 0. The van der Waals surface area contributed by atoms with E-state index in [2.05, 4.69) is 9.97 Å². The molecular formula is C10H12N4OS. The predicted molar refractivity (Wildman–Crippen MR) is 63.4 cm³/mol. The lowest BCUT2D eigenvalue weighted by atomic mass is 10.2. The number of nitrogens with one attached hydrogen (secondary N) is 1. The van der Waals surface area contributed by atoms with Crippen molar-refractivity contribution in [2.24, 2.45) is 5.73 Å². The standard InChI is InChI=1S/C10H12N4OS/c1-6(4-9(11)15)14-8-2-3-12-5-7(8)13-10(14)16/h2-3,5-6H,4H2,1H3,(H2,11,15)(H,13,16). The van der Waals surface area contributed by atoms with Crippen molar-refractivity contribution in [3.8, 4) is 0 Å². The number of hydrogen-bond acceptors (Lipinski definition) is 3. The highest BCUT2D eigenvalue weighted by molar-refractivity contribution is 7.71. The van der Waals surface area contributed by atoms with Crippen LogP contribution in [0.15, 0.2) is 18.5 Å². The largest absolute Gasteiger partial charge is 0.370 e. The first-order valence-corrected chi connectivity index (χ1v) is 5.33. The van der Waals surface area contributed by atoms with Crippen molar-refractivity contribution >= 4 is 29.2 Å². The van der Waals surface area contributed by atoms with Crippen LogP contribution in [0.25, 0.3) is 11.0 Å². The molecule has 2 aromatic rings. The molecule has 1 atom stereocenters. The lowest BCUT2D eigenvalue weighted by Gasteiger charge is -2.12. The number of nitrogens with two attached hydrogens (primary N) is 1. The van der Waals surface area contributed by atoms with E-state index in [0.29, 0.717) is 4.77 Å². The van der Waals surface area contributed by atoms with Gasteiger partial charge in [-0.15, -0.1) is 0 Å². The number of carbonyl (C=O) groups is 1. The van der Waals surface area contributed by atoms with Crippen LogP contribution in [-0.4, -0.2) is 20.4 Å². The van der Waals surface area contributed by atoms with Crippen LogP contribution in [0, 0.1) is 4.77 Å². The fourth-order valence-corrected chi connectivity index (χ4v) is 2.19. The van der Waals surface area contributed by atoms with Gasteiger partial charge in [-0.05, 0) is 25.2 Å². The number of primary amides is 1. The topological polar surface area (TPSA) is 76.7 Å². The van der Waals surface area contributed by atoms with Crippen molar-refractivity contribution in [2.75, 3.05) is 0 Å². The second-order valence-electron chi connectivity index (χ2n) is 3.71. The first-order valence-electron chi connectivity index (χ1n) is 4.92. The molecule has 2 rings (SSSR count). The van der Waals surface area contributed by atoms with Gasteiger partial charge in [0.1, 0.15) is 0 Å². The van der Waals surface area contributed by atoms with Crippen molar-refractivity contribution in [2.45, 2.75) is 19.4 Å². The van der Waals surface area contributed by atoms with Crippen LogP contribution in [0.4, 0.5) is 0 Å². The molecule has 16 heavy (non-hydrogen) atoms. The number of imidazole rings is 1. The molecule has 0 saturated carbocycles. The molecule has 5 nitrogen and oxygen atoms in total. The van der Waals surface area contributed by atoms with E-state index < -0.39 is 0 Å². The van der Waals surface area contributed by atoms with E-state index in [9.17, 15) is 4.79 Å². The third-order valence-corrected chi connectivity index (χ3v) is 2.75. The van der Waals surface area contributed by atoms with Crippen LogP contribution in [0.1, 0.15) is 19.4 Å². The lowest BCUT2D eigenvalue weighted by molar-refractivity contribution is -0.118. The summed E-state index contributed by atoms with van der Waals surface area (Å²) in [6, 6.07) is 1.81. The van der Waals surface area contributed by atoms with Crippen LogP contribution in [0.3, 0.4) is 0 Å². The Labute approximate surface area is 97.3 Å². The summed E-state index contributed by atoms with van der Waals surface area (Å²) in [5.74, 6) is -0.335. The van der Waals surface area contributed by atoms with Gasteiger partial charge >= 0.3 is 0 Å². The quantitative estimate of drug-likeness (QED) is 0.793. The van der Waals surface area contributed by atoms with E-state index in [4.69, 9.17) is 18.0 Å². The van der Waals surface area contributed by atoms with E-state index in [0.717, 1.165) is 11.0 Å². The summed E-state index contributed by atoms with van der Waals surface area (Å²) < 4.78 is 2.47. The summed E-state index contributed by atoms with van der Waals surface area (Å²) in [5.41, 5.74) is 6.99. The van der Waals surface area contributed by atoms with E-state index in [-0.39, 0.29) is 18.4 Å². The zero-order valence-electron chi connectivity index (χ0n) is 8.80. The minimum Gasteiger partial charge on any atom is -0.370 e. The Balaban J connectivity index is 2.55. The first kappa shape index (κ1) is 10.8. The molecule has 0 radical (unpaired) electrons. The van der Waals surface area contributed by atoms with E-state index >= 15 is 0 Å². The molecule has 1 amide bonds. The van der Waals surface area contributed by atoms with Crippen molar-refractivity contribution in [1.82, 2.24) is 14.5 Å². The number of carbonyl (C=O) groups excluding carboxylic acids is 1. The van der Waals surface area contributed by atoms with Crippen LogP contribution < -0.4 is 5.73 Å². The van der Waals surface area contributed by atoms with Crippen LogP contribution >= 0.6 is 12.2 Å². The Morgan fingerprint density at radius 3 is 3.19 bits per heavy atom. The van der Waals surface area contributed by atoms with Crippen molar-refractivity contribution in [3.05, 3.63) is 23.2 Å². The van der Waals surface area contributed by atoms with Gasteiger partial charge in [-0.25, -0.2) is 0 Å². The number of pyridine rings is 1.